The average Bonchev–Trinajstić information content (AvgIpc) is 2.80. The molecule has 106 valence electrons. The van der Waals surface area contributed by atoms with Gasteiger partial charge in [-0.2, -0.15) is 0 Å². The standard InChI is InChI=1S/C15H15ClINOS/c1-19-13-6-5-9(7-11(13)16)18-12-3-2-4-14-10(12)8-15(17)20-14/h5-8,12,18H,2-4H2,1H3. The molecule has 20 heavy (non-hydrogen) atoms. The highest BCUT2D eigenvalue weighted by Gasteiger charge is 2.22. The van der Waals surface area contributed by atoms with Gasteiger partial charge >= 0.3 is 0 Å². The van der Waals surface area contributed by atoms with E-state index in [1.54, 1.807) is 7.11 Å². The summed E-state index contributed by atoms with van der Waals surface area (Å²) >= 11 is 10.5. The molecule has 0 aliphatic heterocycles. The summed E-state index contributed by atoms with van der Waals surface area (Å²) in [4.78, 5) is 1.53. The molecule has 3 rings (SSSR count). The van der Waals surface area contributed by atoms with Gasteiger partial charge in [-0.25, -0.2) is 0 Å². The van der Waals surface area contributed by atoms with Gasteiger partial charge < -0.3 is 10.1 Å². The van der Waals surface area contributed by atoms with Gasteiger partial charge in [0.25, 0.3) is 0 Å². The van der Waals surface area contributed by atoms with Crippen LogP contribution >= 0.6 is 45.5 Å². The van der Waals surface area contributed by atoms with Crippen molar-refractivity contribution in [2.45, 2.75) is 25.3 Å². The quantitative estimate of drug-likeness (QED) is 0.663. The maximum absolute atomic E-state index is 6.19. The molecule has 0 radical (unpaired) electrons. The molecule has 0 fully saturated rings. The van der Waals surface area contributed by atoms with Gasteiger partial charge in [0.15, 0.2) is 0 Å². The second-order valence-electron chi connectivity index (χ2n) is 4.87. The maximum atomic E-state index is 6.19. The van der Waals surface area contributed by atoms with Gasteiger partial charge in [0, 0.05) is 10.6 Å². The Balaban J connectivity index is 1.83. The Morgan fingerprint density at radius 3 is 3.00 bits per heavy atom. The van der Waals surface area contributed by atoms with Crippen LogP contribution in [0.1, 0.15) is 29.3 Å². The summed E-state index contributed by atoms with van der Waals surface area (Å²) in [6.45, 7) is 0. The van der Waals surface area contributed by atoms with Crippen molar-refractivity contribution in [3.8, 4) is 5.75 Å². The number of nitrogens with one attached hydrogen (secondary N) is 1. The molecule has 2 nitrogen and oxygen atoms in total. The highest BCUT2D eigenvalue weighted by atomic mass is 127. The molecule has 1 aromatic carbocycles. The second-order valence-corrected chi connectivity index (χ2v) is 8.31. The van der Waals surface area contributed by atoms with Crippen molar-refractivity contribution in [3.63, 3.8) is 0 Å². The topological polar surface area (TPSA) is 21.3 Å². The van der Waals surface area contributed by atoms with Crippen LogP contribution in [-0.2, 0) is 6.42 Å². The zero-order valence-corrected chi connectivity index (χ0v) is 14.8. The number of anilines is 1. The van der Waals surface area contributed by atoms with E-state index < -0.39 is 0 Å². The Bertz CT molecular complexity index is 628. The van der Waals surface area contributed by atoms with Crippen LogP contribution in [0.5, 0.6) is 5.75 Å². The first kappa shape index (κ1) is 14.5. The zero-order valence-electron chi connectivity index (χ0n) is 11.1. The molecule has 1 heterocycles. The zero-order chi connectivity index (χ0) is 14.1. The van der Waals surface area contributed by atoms with Crippen molar-refractivity contribution in [1.82, 2.24) is 0 Å². The molecule has 5 heteroatoms. The third-order valence-corrected chi connectivity index (χ3v) is 5.84. The molecule has 0 bridgehead atoms. The van der Waals surface area contributed by atoms with E-state index in [0.29, 0.717) is 16.8 Å². The highest BCUT2D eigenvalue weighted by Crippen LogP contribution is 2.38. The minimum Gasteiger partial charge on any atom is -0.495 e. The Labute approximate surface area is 141 Å². The van der Waals surface area contributed by atoms with Crippen LogP contribution in [0.4, 0.5) is 5.69 Å². The van der Waals surface area contributed by atoms with Crippen LogP contribution in [0.25, 0.3) is 0 Å². The predicted molar refractivity (Wildman–Crippen MR) is 94.3 cm³/mol. The van der Waals surface area contributed by atoms with E-state index in [9.17, 15) is 0 Å². The Hall–Kier alpha value is -0.460. The fourth-order valence-corrected chi connectivity index (χ4v) is 5.01. The van der Waals surface area contributed by atoms with E-state index in [1.165, 1.54) is 32.6 Å². The SMILES string of the molecule is COc1ccc(NC2CCCc3sc(I)cc32)cc1Cl. The van der Waals surface area contributed by atoms with E-state index in [1.807, 2.05) is 29.5 Å². The number of benzene rings is 1. The van der Waals surface area contributed by atoms with Gasteiger partial charge in [0.2, 0.25) is 0 Å². The maximum Gasteiger partial charge on any atom is 0.137 e. The largest absolute Gasteiger partial charge is 0.495 e. The van der Waals surface area contributed by atoms with Crippen LogP contribution in [-0.4, -0.2) is 7.11 Å². The third-order valence-electron chi connectivity index (χ3n) is 3.58. The van der Waals surface area contributed by atoms with Gasteiger partial charge in [0.05, 0.1) is 21.1 Å². The van der Waals surface area contributed by atoms with Gasteiger partial charge in [0.1, 0.15) is 5.75 Å². The predicted octanol–water partition coefficient (Wildman–Crippen LogP) is 5.50. The number of hydrogen-bond acceptors (Lipinski definition) is 3. The Morgan fingerprint density at radius 2 is 2.25 bits per heavy atom. The van der Waals surface area contributed by atoms with Gasteiger partial charge in [-0.15, -0.1) is 11.3 Å². The summed E-state index contributed by atoms with van der Waals surface area (Å²) in [6, 6.07) is 8.57. The van der Waals surface area contributed by atoms with E-state index in [0.717, 1.165) is 5.69 Å². The smallest absolute Gasteiger partial charge is 0.137 e. The molecule has 0 spiro atoms. The average molecular weight is 420 g/mol. The number of methoxy groups -OCH3 is 1. The lowest BCUT2D eigenvalue weighted by molar-refractivity contribution is 0.415. The minimum atomic E-state index is 0.392. The molecule has 1 atom stereocenters. The number of rotatable bonds is 3. The lowest BCUT2D eigenvalue weighted by atomic mass is 9.94. The molecular weight excluding hydrogens is 405 g/mol. The first-order chi connectivity index (χ1) is 9.67. The molecular formula is C15H15ClINOS. The summed E-state index contributed by atoms with van der Waals surface area (Å²) in [5.74, 6) is 0.714. The molecule has 0 saturated heterocycles. The highest BCUT2D eigenvalue weighted by molar-refractivity contribution is 14.1. The van der Waals surface area contributed by atoms with Crippen LogP contribution in [0.15, 0.2) is 24.3 Å². The Morgan fingerprint density at radius 1 is 1.40 bits per heavy atom. The number of fused-ring (bicyclic) bond motifs is 1. The van der Waals surface area contributed by atoms with E-state index in [2.05, 4.69) is 34.0 Å². The first-order valence-electron chi connectivity index (χ1n) is 6.55. The summed E-state index contributed by atoms with van der Waals surface area (Å²) in [5, 5.41) is 4.25. The van der Waals surface area contributed by atoms with Gasteiger partial charge in [-0.1, -0.05) is 11.6 Å². The molecule has 2 aromatic rings. The van der Waals surface area contributed by atoms with Crippen molar-refractivity contribution >= 4 is 51.2 Å². The molecule has 0 amide bonds. The van der Waals surface area contributed by atoms with Gasteiger partial charge in [-0.05, 0) is 71.7 Å². The number of hydrogen-bond donors (Lipinski definition) is 1. The van der Waals surface area contributed by atoms with Crippen LogP contribution in [0.3, 0.4) is 0 Å². The van der Waals surface area contributed by atoms with Crippen molar-refractivity contribution in [3.05, 3.63) is 42.6 Å². The summed E-state index contributed by atoms with van der Waals surface area (Å²) in [5.41, 5.74) is 2.51. The monoisotopic (exact) mass is 419 g/mol. The van der Waals surface area contributed by atoms with E-state index in [4.69, 9.17) is 16.3 Å². The van der Waals surface area contributed by atoms with Crippen molar-refractivity contribution in [2.75, 3.05) is 12.4 Å². The normalized spacial score (nSPS) is 17.6. The third kappa shape index (κ3) is 2.92. The number of aryl methyl sites for hydroxylation is 1. The number of ether oxygens (including phenoxy) is 1. The summed E-state index contributed by atoms with van der Waals surface area (Å²) < 4.78 is 6.56. The van der Waals surface area contributed by atoms with Crippen molar-refractivity contribution in [1.29, 1.82) is 0 Å². The molecule has 1 N–H and O–H groups in total. The lowest BCUT2D eigenvalue weighted by Crippen LogP contribution is -2.15. The van der Waals surface area contributed by atoms with Crippen LogP contribution < -0.4 is 10.1 Å². The number of halogens is 2. The fourth-order valence-electron chi connectivity index (χ4n) is 2.63. The molecule has 1 aromatic heterocycles. The van der Waals surface area contributed by atoms with Crippen LogP contribution in [0.2, 0.25) is 5.02 Å². The summed E-state index contributed by atoms with van der Waals surface area (Å²) in [7, 11) is 1.63. The minimum absolute atomic E-state index is 0.392. The Kier molecular flexibility index (Phi) is 4.43. The van der Waals surface area contributed by atoms with Crippen LogP contribution in [0, 0.1) is 2.88 Å². The lowest BCUT2D eigenvalue weighted by Gasteiger charge is -2.25. The molecule has 1 unspecified atom stereocenters. The molecule has 1 aliphatic carbocycles. The number of thiophene rings is 1. The van der Waals surface area contributed by atoms with E-state index in [-0.39, 0.29) is 0 Å². The van der Waals surface area contributed by atoms with Crippen molar-refractivity contribution < 1.29 is 4.74 Å². The second kappa shape index (κ2) is 6.12. The van der Waals surface area contributed by atoms with Crippen molar-refractivity contribution in [2.24, 2.45) is 0 Å². The fraction of sp³-hybridized carbons (Fsp3) is 0.333. The molecule has 1 aliphatic rings. The van der Waals surface area contributed by atoms with Gasteiger partial charge in [-0.3, -0.25) is 0 Å². The molecule has 0 saturated carbocycles. The van der Waals surface area contributed by atoms with E-state index >= 15 is 0 Å². The first-order valence-corrected chi connectivity index (χ1v) is 8.83. The summed E-state index contributed by atoms with van der Waals surface area (Å²) in [6.07, 6.45) is 3.62.